The number of hydrogen-bond acceptors (Lipinski definition) is 1. The van der Waals surface area contributed by atoms with Gasteiger partial charge in [0.1, 0.15) is 0 Å². The topological polar surface area (TPSA) is 29.1 Å². The van der Waals surface area contributed by atoms with E-state index in [1.165, 1.54) is 37.7 Å². The smallest absolute Gasteiger partial charge is 0.246 e. The highest BCUT2D eigenvalue weighted by Crippen LogP contribution is 2.34. The Hall–Kier alpha value is -1.57. The van der Waals surface area contributed by atoms with E-state index in [-0.39, 0.29) is 11.9 Å². The molecule has 1 aromatic carbocycles. The second-order valence-electron chi connectivity index (χ2n) is 5.54. The zero-order chi connectivity index (χ0) is 13.7. The first-order valence-corrected chi connectivity index (χ1v) is 7.20. The third kappa shape index (κ3) is 3.69. The van der Waals surface area contributed by atoms with Gasteiger partial charge in [-0.3, -0.25) is 4.79 Å². The molecule has 1 atom stereocenters. The van der Waals surface area contributed by atoms with E-state index in [0.717, 1.165) is 0 Å². The lowest BCUT2D eigenvalue weighted by Crippen LogP contribution is -2.34. The highest BCUT2D eigenvalue weighted by atomic mass is 16.1. The number of rotatable bonds is 4. The molecule has 0 radical (unpaired) electrons. The van der Waals surface area contributed by atoms with Crippen LogP contribution in [0.1, 0.15) is 50.6 Å². The molecule has 0 heterocycles. The van der Waals surface area contributed by atoms with E-state index in [9.17, 15) is 4.79 Å². The van der Waals surface area contributed by atoms with E-state index in [0.29, 0.717) is 11.5 Å². The van der Waals surface area contributed by atoms with Crippen molar-refractivity contribution in [2.45, 2.75) is 45.1 Å². The maximum absolute atomic E-state index is 12.0. The molecule has 102 valence electrons. The van der Waals surface area contributed by atoms with Gasteiger partial charge in [0.05, 0.1) is 6.04 Å². The van der Waals surface area contributed by atoms with E-state index in [1.54, 1.807) is 6.92 Å². The largest absolute Gasteiger partial charge is 0.345 e. The number of nitrogens with one attached hydrogen (secondary N) is 1. The average Bonchev–Trinajstić information content (AvgIpc) is 2.46. The molecule has 1 saturated carbocycles. The average molecular weight is 257 g/mol. The van der Waals surface area contributed by atoms with Gasteiger partial charge in [-0.15, -0.1) is 0 Å². The number of amides is 1. The van der Waals surface area contributed by atoms with E-state index in [1.807, 2.05) is 18.2 Å². The third-order valence-electron chi connectivity index (χ3n) is 3.95. The Labute approximate surface area is 115 Å². The molecule has 2 heteroatoms. The Morgan fingerprint density at radius 1 is 1.21 bits per heavy atom. The molecule has 1 aliphatic rings. The molecular weight excluding hydrogens is 234 g/mol. The summed E-state index contributed by atoms with van der Waals surface area (Å²) in [5.41, 5.74) is 1.79. The molecule has 0 saturated heterocycles. The lowest BCUT2D eigenvalue weighted by atomic mass is 9.81. The summed E-state index contributed by atoms with van der Waals surface area (Å²) < 4.78 is 0. The van der Waals surface area contributed by atoms with Gasteiger partial charge in [-0.1, -0.05) is 56.2 Å². The molecule has 2 nitrogen and oxygen atoms in total. The predicted molar refractivity (Wildman–Crippen MR) is 78.7 cm³/mol. The second kappa shape index (κ2) is 6.55. The highest BCUT2D eigenvalue weighted by molar-refractivity contribution is 5.92. The minimum absolute atomic E-state index is 0.0283. The molecule has 0 aliphatic heterocycles. The van der Waals surface area contributed by atoms with Gasteiger partial charge in [0.2, 0.25) is 5.91 Å². The summed E-state index contributed by atoms with van der Waals surface area (Å²) in [6.45, 7) is 5.50. The van der Waals surface area contributed by atoms with Crippen molar-refractivity contribution in [3.63, 3.8) is 0 Å². The summed E-state index contributed by atoms with van der Waals surface area (Å²) in [5, 5.41) is 3.16. The predicted octanol–water partition coefficient (Wildman–Crippen LogP) is 4.00. The van der Waals surface area contributed by atoms with Crippen LogP contribution < -0.4 is 5.32 Å². The summed E-state index contributed by atoms with van der Waals surface area (Å²) >= 11 is 0. The Bertz CT molecular complexity index is 432. The molecule has 0 unspecified atom stereocenters. The first-order valence-electron chi connectivity index (χ1n) is 7.20. The van der Waals surface area contributed by atoms with Gasteiger partial charge < -0.3 is 5.32 Å². The standard InChI is InChI=1S/C17H23NO/c1-13(2)17(19)18-16(14-9-5-3-6-10-14)15-11-7-4-8-12-15/h3,5-6,9-10,15-16H,1,4,7-8,11-12H2,2H3,(H,18,19)/t16-/m0/s1. The van der Waals surface area contributed by atoms with Crippen molar-refractivity contribution >= 4 is 5.91 Å². The van der Waals surface area contributed by atoms with Crippen LogP contribution in [0.3, 0.4) is 0 Å². The Morgan fingerprint density at radius 3 is 2.42 bits per heavy atom. The third-order valence-corrected chi connectivity index (χ3v) is 3.95. The highest BCUT2D eigenvalue weighted by Gasteiger charge is 2.26. The summed E-state index contributed by atoms with van der Waals surface area (Å²) in [4.78, 5) is 12.0. The summed E-state index contributed by atoms with van der Waals surface area (Å²) in [7, 11) is 0. The molecule has 1 aliphatic carbocycles. The molecule has 19 heavy (non-hydrogen) atoms. The molecule has 1 N–H and O–H groups in total. The van der Waals surface area contributed by atoms with Crippen LogP contribution in [0.25, 0.3) is 0 Å². The van der Waals surface area contributed by atoms with Gasteiger partial charge in [0, 0.05) is 5.57 Å². The minimum Gasteiger partial charge on any atom is -0.345 e. The Balaban J connectivity index is 2.17. The molecule has 0 bridgehead atoms. The van der Waals surface area contributed by atoms with Gasteiger partial charge >= 0.3 is 0 Å². The van der Waals surface area contributed by atoms with E-state index < -0.39 is 0 Å². The van der Waals surface area contributed by atoms with Crippen LogP contribution in [0.2, 0.25) is 0 Å². The number of carbonyl (C=O) groups is 1. The van der Waals surface area contributed by atoms with Crippen molar-refractivity contribution in [2.75, 3.05) is 0 Å². The number of carbonyl (C=O) groups excluding carboxylic acids is 1. The van der Waals surface area contributed by atoms with Gasteiger partial charge in [-0.25, -0.2) is 0 Å². The molecule has 0 spiro atoms. The second-order valence-corrected chi connectivity index (χ2v) is 5.54. The van der Waals surface area contributed by atoms with Crippen molar-refractivity contribution in [2.24, 2.45) is 5.92 Å². The van der Waals surface area contributed by atoms with Gasteiger partial charge in [-0.05, 0) is 31.2 Å². The fraction of sp³-hybridized carbons (Fsp3) is 0.471. The van der Waals surface area contributed by atoms with Crippen molar-refractivity contribution in [1.29, 1.82) is 0 Å². The zero-order valence-electron chi connectivity index (χ0n) is 11.7. The molecular formula is C17H23NO. The molecule has 2 rings (SSSR count). The van der Waals surface area contributed by atoms with Gasteiger partial charge in [-0.2, -0.15) is 0 Å². The maximum Gasteiger partial charge on any atom is 0.246 e. The lowest BCUT2D eigenvalue weighted by Gasteiger charge is -2.31. The lowest BCUT2D eigenvalue weighted by molar-refractivity contribution is -0.118. The summed E-state index contributed by atoms with van der Waals surface area (Å²) in [5.74, 6) is 0.527. The maximum atomic E-state index is 12.0. The fourth-order valence-electron chi connectivity index (χ4n) is 2.87. The fourth-order valence-corrected chi connectivity index (χ4v) is 2.87. The van der Waals surface area contributed by atoms with Crippen molar-refractivity contribution in [3.05, 3.63) is 48.0 Å². The Morgan fingerprint density at radius 2 is 1.84 bits per heavy atom. The van der Waals surface area contributed by atoms with Crippen LogP contribution in [-0.2, 0) is 4.79 Å². The van der Waals surface area contributed by atoms with Crippen LogP contribution in [0.5, 0.6) is 0 Å². The zero-order valence-corrected chi connectivity index (χ0v) is 11.7. The number of hydrogen-bond donors (Lipinski definition) is 1. The SMILES string of the molecule is C=C(C)C(=O)N[C@@H](c1ccccc1)C1CCCCC1. The monoisotopic (exact) mass is 257 g/mol. The summed E-state index contributed by atoms with van der Waals surface area (Å²) in [6, 6.07) is 10.4. The molecule has 1 amide bonds. The molecule has 0 aromatic heterocycles. The van der Waals surface area contributed by atoms with E-state index in [4.69, 9.17) is 0 Å². The van der Waals surface area contributed by atoms with E-state index >= 15 is 0 Å². The summed E-state index contributed by atoms with van der Waals surface area (Å²) in [6.07, 6.45) is 6.28. The quantitative estimate of drug-likeness (QED) is 0.812. The van der Waals surface area contributed by atoms with Crippen LogP contribution in [-0.4, -0.2) is 5.91 Å². The van der Waals surface area contributed by atoms with Gasteiger partial charge in [0.15, 0.2) is 0 Å². The number of benzene rings is 1. The molecule has 1 aromatic rings. The van der Waals surface area contributed by atoms with Crippen LogP contribution in [0, 0.1) is 5.92 Å². The van der Waals surface area contributed by atoms with Gasteiger partial charge in [0.25, 0.3) is 0 Å². The normalized spacial score (nSPS) is 17.7. The van der Waals surface area contributed by atoms with Crippen LogP contribution in [0.4, 0.5) is 0 Å². The van der Waals surface area contributed by atoms with Crippen molar-refractivity contribution in [3.8, 4) is 0 Å². The van der Waals surface area contributed by atoms with E-state index in [2.05, 4.69) is 24.0 Å². The van der Waals surface area contributed by atoms with Crippen molar-refractivity contribution in [1.82, 2.24) is 5.32 Å². The van der Waals surface area contributed by atoms with Crippen LogP contribution >= 0.6 is 0 Å². The first kappa shape index (κ1) is 13.9. The minimum atomic E-state index is -0.0283. The van der Waals surface area contributed by atoms with Crippen molar-refractivity contribution < 1.29 is 4.79 Å². The molecule has 1 fully saturated rings. The first-order chi connectivity index (χ1) is 9.18. The van der Waals surface area contributed by atoms with Crippen LogP contribution in [0.15, 0.2) is 42.5 Å². The Kier molecular flexibility index (Phi) is 4.78.